The first-order valence-corrected chi connectivity index (χ1v) is 7.07. The van der Waals surface area contributed by atoms with E-state index in [1.807, 2.05) is 25.1 Å². The van der Waals surface area contributed by atoms with Crippen molar-refractivity contribution >= 4 is 18.4 Å². The summed E-state index contributed by atoms with van der Waals surface area (Å²) in [7, 11) is 2.09. The monoisotopic (exact) mass is 297 g/mol. The van der Waals surface area contributed by atoms with Crippen LogP contribution < -0.4 is 0 Å². The first-order valence-electron chi connectivity index (χ1n) is 7.07. The van der Waals surface area contributed by atoms with Crippen molar-refractivity contribution in [3.63, 3.8) is 0 Å². The number of carbonyl (C=O) groups excluding carboxylic acids is 1. The lowest BCUT2D eigenvalue weighted by Gasteiger charge is -2.35. The Labute approximate surface area is 127 Å². The highest BCUT2D eigenvalue weighted by Gasteiger charge is 2.48. The van der Waals surface area contributed by atoms with Crippen molar-refractivity contribution in [3.8, 4) is 0 Å². The van der Waals surface area contributed by atoms with Gasteiger partial charge in [-0.15, -0.1) is 12.4 Å². The summed E-state index contributed by atoms with van der Waals surface area (Å²) in [5.74, 6) is -0.0893. The number of halogens is 1. The summed E-state index contributed by atoms with van der Waals surface area (Å²) in [5.41, 5.74) is 0.624. The number of hydrogen-bond donors (Lipinski definition) is 0. The van der Waals surface area contributed by atoms with Gasteiger partial charge >= 0.3 is 5.97 Å². The first kappa shape index (κ1) is 17.0. The summed E-state index contributed by atoms with van der Waals surface area (Å²) in [5, 5.41) is 0. The lowest BCUT2D eigenvalue weighted by atomic mass is 9.87. The molecule has 0 bridgehead atoms. The quantitative estimate of drug-likeness (QED) is 0.798. The Kier molecular flexibility index (Phi) is 6.03. The molecule has 3 nitrogen and oxygen atoms in total. The second kappa shape index (κ2) is 7.09. The van der Waals surface area contributed by atoms with E-state index in [0.717, 1.165) is 24.9 Å². The topological polar surface area (TPSA) is 29.5 Å². The van der Waals surface area contributed by atoms with Crippen LogP contribution in [-0.4, -0.2) is 30.5 Å². The zero-order valence-electron chi connectivity index (χ0n) is 12.5. The van der Waals surface area contributed by atoms with Crippen LogP contribution in [-0.2, 0) is 15.1 Å². The van der Waals surface area contributed by atoms with Crippen molar-refractivity contribution in [1.29, 1.82) is 0 Å². The van der Waals surface area contributed by atoms with Crippen LogP contribution in [0.3, 0.4) is 0 Å². The van der Waals surface area contributed by atoms with Crippen molar-refractivity contribution in [1.82, 2.24) is 4.90 Å². The smallest absolute Gasteiger partial charge is 0.306 e. The highest BCUT2D eigenvalue weighted by molar-refractivity contribution is 5.85. The minimum atomic E-state index is -0.484. The van der Waals surface area contributed by atoms with Crippen LogP contribution >= 0.6 is 12.4 Å². The van der Waals surface area contributed by atoms with E-state index in [4.69, 9.17) is 4.74 Å². The molecule has 2 unspecified atom stereocenters. The summed E-state index contributed by atoms with van der Waals surface area (Å²) >= 11 is 0. The Morgan fingerprint density at radius 1 is 1.40 bits per heavy atom. The van der Waals surface area contributed by atoms with Crippen LogP contribution in [0, 0.1) is 0 Å². The fraction of sp³-hybridized carbons (Fsp3) is 0.562. The second-order valence-electron chi connectivity index (χ2n) is 5.39. The molecule has 0 aliphatic carbocycles. The Hall–Kier alpha value is -1.06. The molecule has 20 heavy (non-hydrogen) atoms. The minimum Gasteiger partial charge on any atom is -0.452 e. The highest BCUT2D eigenvalue weighted by Crippen LogP contribution is 2.40. The number of ether oxygens (including phenoxy) is 1. The number of carbonyl (C=O) groups is 1. The molecule has 1 saturated heterocycles. The predicted octanol–water partition coefficient (Wildman–Crippen LogP) is 3.37. The van der Waals surface area contributed by atoms with E-state index in [0.29, 0.717) is 6.42 Å². The second-order valence-corrected chi connectivity index (χ2v) is 5.39. The number of likely N-dealkylation sites (N-methyl/N-ethyl adjacent to an activating group) is 1. The summed E-state index contributed by atoms with van der Waals surface area (Å²) in [6.45, 7) is 5.09. The van der Waals surface area contributed by atoms with Gasteiger partial charge in [0.2, 0.25) is 0 Å². The molecule has 0 aromatic heterocycles. The molecule has 2 rings (SSSR count). The van der Waals surface area contributed by atoms with E-state index in [2.05, 4.69) is 31.0 Å². The predicted molar refractivity (Wildman–Crippen MR) is 83.1 cm³/mol. The number of rotatable bonds is 4. The Bertz CT molecular complexity index is 437. The molecule has 1 aromatic rings. The molecule has 1 aliphatic rings. The van der Waals surface area contributed by atoms with E-state index in [1.54, 1.807) is 0 Å². The maximum Gasteiger partial charge on any atom is 0.306 e. The molecular formula is C16H24ClNO2. The number of likely N-dealkylation sites (tertiary alicyclic amines) is 1. The number of benzene rings is 1. The zero-order chi connectivity index (χ0) is 13.9. The van der Waals surface area contributed by atoms with Gasteiger partial charge in [0.1, 0.15) is 0 Å². The SMILES string of the molecule is CCCC(=O)OC1(c2ccccc2)CCN(C)C1C.Cl. The van der Waals surface area contributed by atoms with Gasteiger partial charge in [-0.2, -0.15) is 0 Å². The maximum atomic E-state index is 12.0. The summed E-state index contributed by atoms with van der Waals surface area (Å²) in [6.07, 6.45) is 2.18. The molecule has 1 aromatic carbocycles. The van der Waals surface area contributed by atoms with E-state index in [9.17, 15) is 4.79 Å². The zero-order valence-corrected chi connectivity index (χ0v) is 13.3. The molecule has 1 heterocycles. The molecule has 0 spiro atoms. The van der Waals surface area contributed by atoms with Crippen molar-refractivity contribution in [2.24, 2.45) is 0 Å². The fourth-order valence-electron chi connectivity index (χ4n) is 2.86. The maximum absolute atomic E-state index is 12.0. The molecule has 0 radical (unpaired) electrons. The summed E-state index contributed by atoms with van der Waals surface area (Å²) in [6, 6.07) is 10.3. The first-order chi connectivity index (χ1) is 9.10. The van der Waals surface area contributed by atoms with Crippen molar-refractivity contribution in [2.45, 2.75) is 44.8 Å². The lowest BCUT2D eigenvalue weighted by Crippen LogP contribution is -2.42. The highest BCUT2D eigenvalue weighted by atomic mass is 35.5. The largest absolute Gasteiger partial charge is 0.452 e. The van der Waals surface area contributed by atoms with Crippen LogP contribution in [0.2, 0.25) is 0 Å². The van der Waals surface area contributed by atoms with Gasteiger partial charge in [-0.3, -0.25) is 9.69 Å². The molecule has 1 fully saturated rings. The van der Waals surface area contributed by atoms with Crippen LogP contribution in [0.25, 0.3) is 0 Å². The van der Waals surface area contributed by atoms with Gasteiger partial charge in [0.25, 0.3) is 0 Å². The van der Waals surface area contributed by atoms with Gasteiger partial charge in [-0.05, 0) is 26.0 Å². The van der Waals surface area contributed by atoms with Gasteiger partial charge < -0.3 is 4.74 Å². The van der Waals surface area contributed by atoms with Crippen molar-refractivity contribution in [2.75, 3.05) is 13.6 Å². The lowest BCUT2D eigenvalue weighted by molar-refractivity contribution is -0.163. The van der Waals surface area contributed by atoms with Crippen molar-refractivity contribution < 1.29 is 9.53 Å². The van der Waals surface area contributed by atoms with Gasteiger partial charge in [0.15, 0.2) is 5.60 Å². The average molecular weight is 298 g/mol. The Morgan fingerprint density at radius 2 is 2.05 bits per heavy atom. The minimum absolute atomic E-state index is 0. The van der Waals surface area contributed by atoms with E-state index in [1.165, 1.54) is 0 Å². The van der Waals surface area contributed by atoms with E-state index in [-0.39, 0.29) is 24.4 Å². The fourth-order valence-corrected chi connectivity index (χ4v) is 2.86. The third-order valence-electron chi connectivity index (χ3n) is 4.18. The molecule has 2 atom stereocenters. The van der Waals surface area contributed by atoms with Crippen LogP contribution in [0.15, 0.2) is 30.3 Å². The van der Waals surface area contributed by atoms with Gasteiger partial charge in [-0.1, -0.05) is 37.3 Å². The van der Waals surface area contributed by atoms with Crippen molar-refractivity contribution in [3.05, 3.63) is 35.9 Å². The number of nitrogens with zero attached hydrogens (tertiary/aromatic N) is 1. The molecule has 0 saturated carbocycles. The van der Waals surface area contributed by atoms with Gasteiger partial charge in [0, 0.05) is 19.4 Å². The molecule has 4 heteroatoms. The Balaban J connectivity index is 0.00000200. The Morgan fingerprint density at radius 3 is 2.55 bits per heavy atom. The van der Waals surface area contributed by atoms with Gasteiger partial charge in [-0.25, -0.2) is 0 Å². The molecule has 1 aliphatic heterocycles. The summed E-state index contributed by atoms with van der Waals surface area (Å²) < 4.78 is 5.93. The van der Waals surface area contributed by atoms with Gasteiger partial charge in [0.05, 0.1) is 6.04 Å². The van der Waals surface area contributed by atoms with E-state index < -0.39 is 5.60 Å². The summed E-state index contributed by atoms with van der Waals surface area (Å²) in [4.78, 5) is 14.2. The third-order valence-corrected chi connectivity index (χ3v) is 4.18. The normalized spacial score (nSPS) is 26.1. The standard InChI is InChI=1S/C16H23NO2.ClH/c1-4-8-15(18)19-16(11-12-17(3)13(16)2)14-9-6-5-7-10-14;/h5-7,9-10,13H,4,8,11-12H2,1-3H3;1H. The third kappa shape index (κ3) is 3.15. The number of esters is 1. The van der Waals surface area contributed by atoms with E-state index >= 15 is 0 Å². The van der Waals surface area contributed by atoms with Crippen LogP contribution in [0.5, 0.6) is 0 Å². The molecule has 112 valence electrons. The number of hydrogen-bond acceptors (Lipinski definition) is 3. The molecule has 0 N–H and O–H groups in total. The van der Waals surface area contributed by atoms with Crippen LogP contribution in [0.4, 0.5) is 0 Å². The van der Waals surface area contributed by atoms with Crippen LogP contribution in [0.1, 0.15) is 38.7 Å². The average Bonchev–Trinajstić information content (AvgIpc) is 2.70. The molecule has 0 amide bonds. The molecular weight excluding hydrogens is 274 g/mol.